The summed E-state index contributed by atoms with van der Waals surface area (Å²) in [4.78, 5) is 11.3. The average molecular weight is 302 g/mol. The second kappa shape index (κ2) is 7.95. The van der Waals surface area contributed by atoms with Gasteiger partial charge in [-0.3, -0.25) is 0 Å². The summed E-state index contributed by atoms with van der Waals surface area (Å²) in [7, 11) is 2.10. The number of thioether (sulfide) groups is 1. The summed E-state index contributed by atoms with van der Waals surface area (Å²) < 4.78 is 0. The Morgan fingerprint density at radius 1 is 1.32 bits per heavy atom. The first-order valence-corrected chi connectivity index (χ1v) is 8.57. The Labute approximate surface area is 126 Å². The molecule has 1 atom stereocenters. The van der Waals surface area contributed by atoms with Crippen LogP contribution in [0.4, 0.5) is 5.82 Å². The van der Waals surface area contributed by atoms with Gasteiger partial charge in [-0.15, -0.1) is 0 Å². The standard InChI is InChI=1S/C14H24ClN3S/c1-6-8-12-16-13(15)10(3)14(17-12)18(4)11(7-2)9-19-5/h11H,6-9H2,1-5H3. The first-order chi connectivity index (χ1) is 9.04. The van der Waals surface area contributed by atoms with Gasteiger partial charge < -0.3 is 4.90 Å². The Morgan fingerprint density at radius 2 is 2.00 bits per heavy atom. The van der Waals surface area contributed by atoms with Crippen LogP contribution in [0.3, 0.4) is 0 Å². The van der Waals surface area contributed by atoms with Crippen LogP contribution in [0.5, 0.6) is 0 Å². The molecule has 0 bridgehead atoms. The highest BCUT2D eigenvalue weighted by molar-refractivity contribution is 7.98. The predicted molar refractivity (Wildman–Crippen MR) is 86.6 cm³/mol. The van der Waals surface area contributed by atoms with Crippen molar-refractivity contribution in [1.82, 2.24) is 9.97 Å². The van der Waals surface area contributed by atoms with Crippen molar-refractivity contribution < 1.29 is 0 Å². The first kappa shape index (κ1) is 16.6. The van der Waals surface area contributed by atoms with Crippen molar-refractivity contribution in [3.8, 4) is 0 Å². The van der Waals surface area contributed by atoms with Gasteiger partial charge in [0.1, 0.15) is 16.8 Å². The highest BCUT2D eigenvalue weighted by Gasteiger charge is 2.18. The van der Waals surface area contributed by atoms with Gasteiger partial charge in [0.2, 0.25) is 0 Å². The molecule has 5 heteroatoms. The van der Waals surface area contributed by atoms with Crippen LogP contribution in [-0.4, -0.2) is 35.1 Å². The maximum atomic E-state index is 6.24. The number of rotatable bonds is 7. The third-order valence-electron chi connectivity index (χ3n) is 3.29. The fourth-order valence-corrected chi connectivity index (χ4v) is 3.09. The average Bonchev–Trinajstić information content (AvgIpc) is 2.39. The van der Waals surface area contributed by atoms with Crippen LogP contribution in [0, 0.1) is 6.92 Å². The van der Waals surface area contributed by atoms with E-state index >= 15 is 0 Å². The molecular formula is C14H24ClN3S. The summed E-state index contributed by atoms with van der Waals surface area (Å²) in [6, 6.07) is 0.481. The van der Waals surface area contributed by atoms with E-state index in [0.717, 1.165) is 42.2 Å². The van der Waals surface area contributed by atoms with Gasteiger partial charge in [0, 0.05) is 30.8 Å². The first-order valence-electron chi connectivity index (χ1n) is 6.79. The topological polar surface area (TPSA) is 29.0 Å². The van der Waals surface area contributed by atoms with Crippen molar-refractivity contribution >= 4 is 29.2 Å². The molecule has 0 spiro atoms. The molecule has 0 fully saturated rings. The fourth-order valence-electron chi connectivity index (χ4n) is 2.07. The number of hydrogen-bond acceptors (Lipinski definition) is 4. The van der Waals surface area contributed by atoms with Gasteiger partial charge in [-0.1, -0.05) is 25.4 Å². The number of halogens is 1. The lowest BCUT2D eigenvalue weighted by molar-refractivity contribution is 0.659. The summed E-state index contributed by atoms with van der Waals surface area (Å²) in [5, 5.41) is 0.583. The molecule has 1 heterocycles. The number of hydrogen-bond donors (Lipinski definition) is 0. The van der Waals surface area contributed by atoms with E-state index in [0.29, 0.717) is 11.2 Å². The van der Waals surface area contributed by atoms with E-state index in [1.165, 1.54) is 0 Å². The van der Waals surface area contributed by atoms with Crippen LogP contribution in [0.25, 0.3) is 0 Å². The molecule has 3 nitrogen and oxygen atoms in total. The van der Waals surface area contributed by atoms with E-state index in [1.54, 1.807) is 0 Å². The van der Waals surface area contributed by atoms with Gasteiger partial charge in [-0.25, -0.2) is 9.97 Å². The zero-order valence-corrected chi connectivity index (χ0v) is 14.1. The normalized spacial score (nSPS) is 12.5. The third-order valence-corrected chi connectivity index (χ3v) is 4.38. The Bertz CT molecular complexity index is 412. The highest BCUT2D eigenvalue weighted by Crippen LogP contribution is 2.25. The van der Waals surface area contributed by atoms with Crippen molar-refractivity contribution in [2.45, 2.75) is 46.1 Å². The molecule has 0 saturated heterocycles. The quantitative estimate of drug-likeness (QED) is 0.713. The molecule has 0 radical (unpaired) electrons. The van der Waals surface area contributed by atoms with E-state index in [-0.39, 0.29) is 0 Å². The van der Waals surface area contributed by atoms with Gasteiger partial charge >= 0.3 is 0 Å². The Balaban J connectivity index is 3.09. The second-order valence-electron chi connectivity index (χ2n) is 4.76. The van der Waals surface area contributed by atoms with Crippen LogP contribution in [-0.2, 0) is 6.42 Å². The lowest BCUT2D eigenvalue weighted by atomic mass is 10.2. The second-order valence-corrected chi connectivity index (χ2v) is 6.03. The molecule has 19 heavy (non-hydrogen) atoms. The summed E-state index contributed by atoms with van der Waals surface area (Å²) in [6.45, 7) is 6.33. The summed E-state index contributed by atoms with van der Waals surface area (Å²) in [5.74, 6) is 2.92. The molecule has 0 aliphatic heterocycles. The van der Waals surface area contributed by atoms with Gasteiger partial charge in [-0.05, 0) is 26.0 Å². The van der Waals surface area contributed by atoms with Crippen molar-refractivity contribution in [2.24, 2.45) is 0 Å². The summed E-state index contributed by atoms with van der Waals surface area (Å²) >= 11 is 8.10. The third kappa shape index (κ3) is 4.25. The van der Waals surface area contributed by atoms with Crippen molar-refractivity contribution in [2.75, 3.05) is 24.0 Å². The smallest absolute Gasteiger partial charge is 0.137 e. The lowest BCUT2D eigenvalue weighted by Crippen LogP contribution is -2.34. The molecule has 108 valence electrons. The Hall–Kier alpha value is -0.480. The van der Waals surface area contributed by atoms with Gasteiger partial charge in [0.15, 0.2) is 0 Å². The number of aryl methyl sites for hydroxylation is 1. The number of nitrogens with zero attached hydrogens (tertiary/aromatic N) is 3. The van der Waals surface area contributed by atoms with Crippen LogP contribution in [0.1, 0.15) is 38.1 Å². The fraction of sp³-hybridized carbons (Fsp3) is 0.714. The Morgan fingerprint density at radius 3 is 2.53 bits per heavy atom. The van der Waals surface area contributed by atoms with Crippen LogP contribution >= 0.6 is 23.4 Å². The number of aromatic nitrogens is 2. The molecule has 1 aromatic heterocycles. The molecule has 0 aliphatic carbocycles. The molecule has 0 aromatic carbocycles. The molecule has 1 rings (SSSR count). The minimum Gasteiger partial charge on any atom is -0.356 e. The highest BCUT2D eigenvalue weighted by atomic mass is 35.5. The largest absolute Gasteiger partial charge is 0.356 e. The van der Waals surface area contributed by atoms with Crippen LogP contribution in [0.15, 0.2) is 0 Å². The molecule has 1 unspecified atom stereocenters. The minimum atomic E-state index is 0.481. The molecular weight excluding hydrogens is 278 g/mol. The van der Waals surface area contributed by atoms with Crippen molar-refractivity contribution in [3.05, 3.63) is 16.5 Å². The van der Waals surface area contributed by atoms with E-state index in [4.69, 9.17) is 16.6 Å². The Kier molecular flexibility index (Phi) is 6.94. The van der Waals surface area contributed by atoms with Gasteiger partial charge in [-0.2, -0.15) is 11.8 Å². The van der Waals surface area contributed by atoms with E-state index < -0.39 is 0 Å². The van der Waals surface area contributed by atoms with Crippen LogP contribution < -0.4 is 4.90 Å². The monoisotopic (exact) mass is 301 g/mol. The van der Waals surface area contributed by atoms with Crippen molar-refractivity contribution in [1.29, 1.82) is 0 Å². The maximum Gasteiger partial charge on any atom is 0.137 e. The summed E-state index contributed by atoms with van der Waals surface area (Å²) in [5.41, 5.74) is 0.976. The lowest BCUT2D eigenvalue weighted by Gasteiger charge is -2.29. The molecule has 0 amide bonds. The predicted octanol–water partition coefficient (Wildman–Crippen LogP) is 3.97. The zero-order valence-electron chi connectivity index (χ0n) is 12.5. The number of anilines is 1. The molecule has 0 saturated carbocycles. The zero-order chi connectivity index (χ0) is 14.4. The van der Waals surface area contributed by atoms with E-state index in [9.17, 15) is 0 Å². The van der Waals surface area contributed by atoms with Gasteiger partial charge in [0.25, 0.3) is 0 Å². The van der Waals surface area contributed by atoms with Crippen LogP contribution in [0.2, 0.25) is 5.15 Å². The maximum absolute atomic E-state index is 6.24. The molecule has 1 aromatic rings. The molecule has 0 aliphatic rings. The molecule has 0 N–H and O–H groups in total. The van der Waals surface area contributed by atoms with E-state index in [2.05, 4.69) is 37.0 Å². The minimum absolute atomic E-state index is 0.481. The van der Waals surface area contributed by atoms with Crippen molar-refractivity contribution in [3.63, 3.8) is 0 Å². The SMILES string of the molecule is CCCc1nc(Cl)c(C)c(N(C)C(CC)CSC)n1. The van der Waals surface area contributed by atoms with E-state index in [1.807, 2.05) is 18.7 Å². The summed E-state index contributed by atoms with van der Waals surface area (Å²) in [6.07, 6.45) is 5.14. The van der Waals surface area contributed by atoms with Gasteiger partial charge in [0.05, 0.1) is 0 Å².